The van der Waals surface area contributed by atoms with Gasteiger partial charge in [-0.2, -0.15) is 0 Å². The smallest absolute Gasteiger partial charge is 0.258 e. The second-order valence-electron chi connectivity index (χ2n) is 11.3. The third-order valence-corrected chi connectivity index (χ3v) is 8.41. The van der Waals surface area contributed by atoms with E-state index in [1.807, 2.05) is 12.1 Å². The van der Waals surface area contributed by atoms with Crippen molar-refractivity contribution in [3.8, 4) is 23.0 Å². The number of carbonyl (C=O) groups excluding carboxylic acids is 4. The number of anilines is 2. The predicted molar refractivity (Wildman–Crippen MR) is 180 cm³/mol. The molecule has 0 saturated carbocycles. The molecule has 0 unspecified atom stereocenters. The number of imide groups is 2. The highest BCUT2D eigenvalue weighted by atomic mass is 16.5. The monoisotopic (exact) mass is 626 g/mol. The molecule has 0 fully saturated rings. The summed E-state index contributed by atoms with van der Waals surface area (Å²) >= 11 is 0. The van der Waals surface area contributed by atoms with Crippen LogP contribution in [0, 0.1) is 0 Å². The van der Waals surface area contributed by atoms with Gasteiger partial charge in [-0.3, -0.25) is 19.2 Å². The molecule has 0 saturated heterocycles. The number of nitrogens with zero attached hydrogens (tertiary/aromatic N) is 2. The average Bonchev–Trinajstić information content (AvgIpc) is 3.61. The van der Waals surface area contributed by atoms with Gasteiger partial charge in [0.25, 0.3) is 23.6 Å². The number of aryl methyl sites for hydroxylation is 2. The van der Waals surface area contributed by atoms with Gasteiger partial charge in [0.15, 0.2) is 0 Å². The summed E-state index contributed by atoms with van der Waals surface area (Å²) < 4.78 is 12.5. The normalized spacial score (nSPS) is 14.2. The van der Waals surface area contributed by atoms with Crippen LogP contribution in [-0.2, 0) is 32.0 Å². The fourth-order valence-corrected chi connectivity index (χ4v) is 5.94. The molecule has 0 atom stereocenters. The summed E-state index contributed by atoms with van der Waals surface area (Å²) in [5.74, 6) is 1.49. The molecule has 4 aromatic carbocycles. The zero-order valence-electron chi connectivity index (χ0n) is 26.4. The van der Waals surface area contributed by atoms with Crippen molar-refractivity contribution in [2.75, 3.05) is 9.80 Å². The molecule has 236 valence electrons. The molecule has 4 amide bonds. The van der Waals surface area contributed by atoms with E-state index in [1.165, 1.54) is 35.4 Å². The molecule has 2 aliphatic rings. The number of hydrogen-bond donors (Lipinski definition) is 0. The third-order valence-electron chi connectivity index (χ3n) is 8.41. The Bertz CT molecular complexity index is 1750. The van der Waals surface area contributed by atoms with E-state index in [1.54, 1.807) is 48.5 Å². The Morgan fingerprint density at radius 1 is 0.511 bits per heavy atom. The van der Waals surface area contributed by atoms with Crippen molar-refractivity contribution in [2.45, 2.75) is 46.0 Å². The molecular formula is C39H34N2O6. The molecule has 4 aromatic rings. The van der Waals surface area contributed by atoms with Crippen LogP contribution < -0.4 is 19.3 Å². The maximum atomic E-state index is 12.0. The molecule has 0 spiro atoms. The summed E-state index contributed by atoms with van der Waals surface area (Å²) in [6, 6.07) is 26.5. The number of rotatable bonds is 11. The van der Waals surface area contributed by atoms with E-state index in [4.69, 9.17) is 9.47 Å². The molecular weight excluding hydrogens is 592 g/mol. The van der Waals surface area contributed by atoms with Crippen LogP contribution in [0.15, 0.2) is 109 Å². The summed E-state index contributed by atoms with van der Waals surface area (Å²) in [6.07, 6.45) is 7.52. The zero-order chi connectivity index (χ0) is 33.1. The first-order valence-electron chi connectivity index (χ1n) is 15.7. The van der Waals surface area contributed by atoms with Crippen LogP contribution in [0.5, 0.6) is 23.0 Å². The van der Waals surface area contributed by atoms with Gasteiger partial charge in [0.1, 0.15) is 23.0 Å². The molecule has 47 heavy (non-hydrogen) atoms. The van der Waals surface area contributed by atoms with Crippen molar-refractivity contribution in [3.63, 3.8) is 0 Å². The Balaban J connectivity index is 1.17. The van der Waals surface area contributed by atoms with Crippen LogP contribution in [0.25, 0.3) is 0 Å². The molecule has 8 nitrogen and oxygen atoms in total. The summed E-state index contributed by atoms with van der Waals surface area (Å²) in [4.78, 5) is 50.3. The Kier molecular flexibility index (Phi) is 8.84. The molecule has 0 radical (unpaired) electrons. The van der Waals surface area contributed by atoms with Gasteiger partial charge in [0.05, 0.1) is 11.4 Å². The first-order valence-corrected chi connectivity index (χ1v) is 15.7. The van der Waals surface area contributed by atoms with Gasteiger partial charge in [0, 0.05) is 30.2 Å². The molecule has 8 heteroatoms. The van der Waals surface area contributed by atoms with E-state index in [0.717, 1.165) is 51.7 Å². The number of amides is 4. The molecule has 2 aliphatic heterocycles. The Hall–Kier alpha value is -5.76. The van der Waals surface area contributed by atoms with E-state index < -0.39 is 0 Å². The molecule has 6 rings (SSSR count). The largest absolute Gasteiger partial charge is 0.457 e. The fourth-order valence-electron chi connectivity index (χ4n) is 5.94. The van der Waals surface area contributed by atoms with E-state index in [-0.39, 0.29) is 29.5 Å². The van der Waals surface area contributed by atoms with Gasteiger partial charge in [-0.1, -0.05) is 45.0 Å². The maximum Gasteiger partial charge on any atom is 0.258 e. The number of benzene rings is 4. The van der Waals surface area contributed by atoms with Gasteiger partial charge >= 0.3 is 0 Å². The van der Waals surface area contributed by atoms with Gasteiger partial charge in [-0.25, -0.2) is 9.80 Å². The van der Waals surface area contributed by atoms with Gasteiger partial charge in [-0.05, 0) is 102 Å². The first kappa shape index (κ1) is 31.2. The van der Waals surface area contributed by atoms with E-state index in [9.17, 15) is 19.2 Å². The SMILES string of the molecule is CCc1cc(C(CC)c2ccc(Oc3ccc(N4C(=O)C=CC4=O)cc3)c(CC)c2)ccc1Oc1ccc(N2C(=O)C=CC2=O)cc1. The Labute approximate surface area is 273 Å². The van der Waals surface area contributed by atoms with Crippen molar-refractivity contribution in [3.05, 3.63) is 131 Å². The van der Waals surface area contributed by atoms with Crippen LogP contribution in [0.3, 0.4) is 0 Å². The van der Waals surface area contributed by atoms with Crippen molar-refractivity contribution in [1.29, 1.82) is 0 Å². The molecule has 2 heterocycles. The minimum Gasteiger partial charge on any atom is -0.457 e. The van der Waals surface area contributed by atoms with Crippen LogP contribution in [0.4, 0.5) is 11.4 Å². The molecule has 0 aliphatic carbocycles. The summed E-state index contributed by atoms with van der Waals surface area (Å²) in [7, 11) is 0. The molecule has 0 aromatic heterocycles. The van der Waals surface area contributed by atoms with Crippen molar-refractivity contribution in [2.24, 2.45) is 0 Å². The quantitative estimate of drug-likeness (QED) is 0.158. The first-order chi connectivity index (χ1) is 22.8. The topological polar surface area (TPSA) is 93.2 Å². The van der Waals surface area contributed by atoms with Gasteiger partial charge < -0.3 is 9.47 Å². The number of carbonyl (C=O) groups is 4. The summed E-state index contributed by atoms with van der Waals surface area (Å²) in [6.45, 7) is 6.37. The van der Waals surface area contributed by atoms with Crippen molar-refractivity contribution < 1.29 is 28.7 Å². The second kappa shape index (κ2) is 13.3. The molecule has 0 N–H and O–H groups in total. The Morgan fingerprint density at radius 2 is 0.872 bits per heavy atom. The fraction of sp³-hybridized carbons (Fsp3) is 0.179. The second-order valence-corrected chi connectivity index (χ2v) is 11.3. The lowest BCUT2D eigenvalue weighted by Crippen LogP contribution is -2.29. The van der Waals surface area contributed by atoms with Crippen molar-refractivity contribution >= 4 is 35.0 Å². The zero-order valence-corrected chi connectivity index (χ0v) is 26.4. The lowest BCUT2D eigenvalue weighted by atomic mass is 9.86. The maximum absolute atomic E-state index is 12.0. The Morgan fingerprint density at radius 3 is 1.19 bits per heavy atom. The lowest BCUT2D eigenvalue weighted by molar-refractivity contribution is -0.121. The van der Waals surface area contributed by atoms with Crippen LogP contribution in [0.1, 0.15) is 55.4 Å². The highest BCUT2D eigenvalue weighted by molar-refractivity contribution is 6.28. The third kappa shape index (κ3) is 6.35. The van der Waals surface area contributed by atoms with Crippen molar-refractivity contribution in [1.82, 2.24) is 0 Å². The van der Waals surface area contributed by atoms with E-state index >= 15 is 0 Å². The number of hydrogen-bond acceptors (Lipinski definition) is 6. The minimum absolute atomic E-state index is 0.167. The highest BCUT2D eigenvalue weighted by Gasteiger charge is 2.26. The predicted octanol–water partition coefficient (Wildman–Crippen LogP) is 7.80. The van der Waals surface area contributed by atoms with E-state index in [2.05, 4.69) is 45.0 Å². The van der Waals surface area contributed by atoms with Crippen LogP contribution >= 0.6 is 0 Å². The summed E-state index contributed by atoms with van der Waals surface area (Å²) in [5.41, 5.74) is 5.54. The van der Waals surface area contributed by atoms with Crippen LogP contribution in [0.2, 0.25) is 0 Å². The van der Waals surface area contributed by atoms with Crippen LogP contribution in [-0.4, -0.2) is 23.6 Å². The van der Waals surface area contributed by atoms with E-state index in [0.29, 0.717) is 22.9 Å². The van der Waals surface area contributed by atoms with Gasteiger partial charge in [-0.15, -0.1) is 0 Å². The standard InChI is InChI=1S/C39H34N2O6/c1-4-25-23-27(7-17-34(25)46-31-13-9-29(10-14-31)40-36(42)19-20-37(40)43)33(6-3)28-8-18-35(26(5-2)24-28)47-32-15-11-30(12-16-32)41-38(44)21-22-39(41)45/h7-24,33H,4-6H2,1-3H3. The summed E-state index contributed by atoms with van der Waals surface area (Å²) in [5, 5.41) is 0. The minimum atomic E-state index is -0.355. The average molecular weight is 627 g/mol. The van der Waals surface area contributed by atoms with Gasteiger partial charge in [0.2, 0.25) is 0 Å². The number of ether oxygens (including phenoxy) is 2. The molecule has 0 bridgehead atoms. The lowest BCUT2D eigenvalue weighted by Gasteiger charge is -2.21. The highest BCUT2D eigenvalue weighted by Crippen LogP contribution is 2.37.